The van der Waals surface area contributed by atoms with E-state index in [0.717, 1.165) is 36.3 Å². The lowest BCUT2D eigenvalue weighted by molar-refractivity contribution is -0.147. The van der Waals surface area contributed by atoms with Crippen molar-refractivity contribution in [2.75, 3.05) is 7.11 Å². The minimum absolute atomic E-state index is 0.0111. The number of ketones is 1. The molecule has 3 nitrogen and oxygen atoms in total. The third-order valence-corrected chi connectivity index (χ3v) is 10.8. The van der Waals surface area contributed by atoms with Crippen molar-refractivity contribution in [2.24, 2.45) is 45.1 Å². The van der Waals surface area contributed by atoms with Gasteiger partial charge in [0.25, 0.3) is 0 Å². The van der Waals surface area contributed by atoms with Crippen molar-refractivity contribution in [3.63, 3.8) is 0 Å². The Morgan fingerprint density at radius 2 is 1.90 bits per heavy atom. The zero-order valence-electron chi connectivity index (χ0n) is 18.9. The van der Waals surface area contributed by atoms with Gasteiger partial charge in [-0.2, -0.15) is 0 Å². The fraction of sp³-hybridized carbons (Fsp3) is 0.846. The van der Waals surface area contributed by atoms with Crippen LogP contribution in [-0.4, -0.2) is 18.6 Å². The summed E-state index contributed by atoms with van der Waals surface area (Å²) in [5.41, 5.74) is 3.30. The van der Waals surface area contributed by atoms with Crippen LogP contribution in [0.2, 0.25) is 0 Å². The normalized spacial score (nSPS) is 50.1. The average Bonchev–Trinajstić information content (AvgIpc) is 2.98. The number of hydrogen-bond acceptors (Lipinski definition) is 3. The first-order valence-electron chi connectivity index (χ1n) is 12.2. The maximum Gasteiger partial charge on any atom is 0.136 e. The van der Waals surface area contributed by atoms with Gasteiger partial charge >= 0.3 is 0 Å². The van der Waals surface area contributed by atoms with Crippen molar-refractivity contribution < 1.29 is 9.63 Å². The molecule has 0 aromatic rings. The number of allylic oxidation sites excluding steroid dienone is 2. The molecule has 0 bridgehead atoms. The molecule has 5 rings (SSSR count). The summed E-state index contributed by atoms with van der Waals surface area (Å²) >= 11 is 0. The molecule has 0 aromatic heterocycles. The summed E-state index contributed by atoms with van der Waals surface area (Å²) in [6.45, 7) is 7.02. The zero-order chi connectivity index (χ0) is 20.4. The van der Waals surface area contributed by atoms with Crippen molar-refractivity contribution in [1.82, 2.24) is 0 Å². The first kappa shape index (κ1) is 19.8. The number of rotatable bonds is 2. The van der Waals surface area contributed by atoms with Crippen LogP contribution in [-0.2, 0) is 9.63 Å². The van der Waals surface area contributed by atoms with E-state index in [2.05, 4.69) is 25.1 Å². The summed E-state index contributed by atoms with van der Waals surface area (Å²) in [6, 6.07) is 0. The van der Waals surface area contributed by atoms with E-state index >= 15 is 0 Å². The lowest BCUT2D eigenvalue weighted by Crippen LogP contribution is -2.55. The second-order valence-corrected chi connectivity index (χ2v) is 11.4. The van der Waals surface area contributed by atoms with Crippen molar-refractivity contribution in [2.45, 2.75) is 91.4 Å². The van der Waals surface area contributed by atoms with Gasteiger partial charge in [0.05, 0.1) is 5.71 Å². The number of carbonyl (C=O) groups excluding carboxylic acids is 1. The molecule has 0 saturated heterocycles. The minimum atomic E-state index is -0.0111. The molecule has 160 valence electrons. The molecule has 0 aliphatic heterocycles. The van der Waals surface area contributed by atoms with Crippen LogP contribution in [0, 0.1) is 39.9 Å². The van der Waals surface area contributed by atoms with Crippen molar-refractivity contribution in [3.8, 4) is 0 Å². The predicted molar refractivity (Wildman–Crippen MR) is 117 cm³/mol. The van der Waals surface area contributed by atoms with E-state index in [1.165, 1.54) is 57.8 Å². The molecule has 0 amide bonds. The van der Waals surface area contributed by atoms with Crippen molar-refractivity contribution in [3.05, 3.63) is 11.6 Å². The van der Waals surface area contributed by atoms with Gasteiger partial charge in [0.1, 0.15) is 12.9 Å². The van der Waals surface area contributed by atoms with Gasteiger partial charge in [-0.05, 0) is 105 Å². The zero-order valence-corrected chi connectivity index (χ0v) is 18.9. The van der Waals surface area contributed by atoms with Gasteiger partial charge in [-0.1, -0.05) is 37.4 Å². The molecule has 0 radical (unpaired) electrons. The molecular weight excluding hydrogens is 358 g/mol. The summed E-state index contributed by atoms with van der Waals surface area (Å²) in [5.74, 6) is 3.51. The maximum absolute atomic E-state index is 13.2. The van der Waals surface area contributed by atoms with E-state index in [9.17, 15) is 4.79 Å². The van der Waals surface area contributed by atoms with Gasteiger partial charge in [-0.15, -0.1) is 0 Å². The monoisotopic (exact) mass is 397 g/mol. The Labute approximate surface area is 176 Å². The molecule has 4 fully saturated rings. The van der Waals surface area contributed by atoms with Gasteiger partial charge in [0, 0.05) is 5.41 Å². The molecule has 5 aliphatic rings. The highest BCUT2D eigenvalue weighted by Crippen LogP contribution is 2.74. The molecular formula is C26H39NO2. The number of Topliss-reactive ketones (excluding diaryl/α,β-unsaturated/α-hetero) is 1. The minimum Gasteiger partial charge on any atom is -0.399 e. The van der Waals surface area contributed by atoms with Crippen LogP contribution in [0.5, 0.6) is 0 Å². The highest BCUT2D eigenvalue weighted by Gasteiger charge is 2.69. The van der Waals surface area contributed by atoms with E-state index in [0.29, 0.717) is 17.1 Å². The molecule has 4 saturated carbocycles. The molecule has 5 aliphatic carbocycles. The van der Waals surface area contributed by atoms with Crippen molar-refractivity contribution >= 4 is 11.5 Å². The Hall–Kier alpha value is -1.12. The highest BCUT2D eigenvalue weighted by atomic mass is 16.6. The smallest absolute Gasteiger partial charge is 0.136 e. The molecule has 0 aromatic carbocycles. The summed E-state index contributed by atoms with van der Waals surface area (Å²) in [5, 5.41) is 4.25. The second-order valence-electron chi connectivity index (χ2n) is 11.4. The van der Waals surface area contributed by atoms with E-state index in [4.69, 9.17) is 4.84 Å². The third kappa shape index (κ3) is 2.48. The Morgan fingerprint density at radius 1 is 1.07 bits per heavy atom. The van der Waals surface area contributed by atoms with Crippen molar-refractivity contribution in [1.29, 1.82) is 0 Å². The van der Waals surface area contributed by atoms with Crippen LogP contribution < -0.4 is 0 Å². The number of hydrogen-bond donors (Lipinski definition) is 0. The third-order valence-electron chi connectivity index (χ3n) is 10.8. The molecule has 3 heteroatoms. The number of fused-ring (bicyclic) bond motifs is 7. The van der Waals surface area contributed by atoms with Crippen LogP contribution in [0.15, 0.2) is 16.8 Å². The standard InChI is InChI=1S/C26H39NO2/c1-17(28)26-12-6-5-7-19(26)16-23-21-9-8-18-15-20(27-29-4)10-13-24(18,2)22(21)11-14-25(23,26)3/h15,19,21-23H,5-14,16H2,1-4H3/b27-20-/t19-,21-,22-,23-,24-,25-,26-/m0/s1. The van der Waals surface area contributed by atoms with E-state index in [-0.39, 0.29) is 10.8 Å². The van der Waals surface area contributed by atoms with Crippen LogP contribution >= 0.6 is 0 Å². The summed E-state index contributed by atoms with van der Waals surface area (Å²) in [7, 11) is 1.66. The molecule has 0 N–H and O–H groups in total. The summed E-state index contributed by atoms with van der Waals surface area (Å²) in [4.78, 5) is 18.2. The first-order valence-corrected chi connectivity index (χ1v) is 12.2. The molecule has 29 heavy (non-hydrogen) atoms. The quantitative estimate of drug-likeness (QED) is 0.511. The Bertz CT molecular complexity index is 769. The number of carbonyl (C=O) groups is 1. The summed E-state index contributed by atoms with van der Waals surface area (Å²) < 4.78 is 0. The largest absolute Gasteiger partial charge is 0.399 e. The maximum atomic E-state index is 13.2. The Balaban J connectivity index is 1.50. The van der Waals surface area contributed by atoms with Gasteiger partial charge in [0.2, 0.25) is 0 Å². The number of nitrogens with zero attached hydrogens (tertiary/aromatic N) is 1. The summed E-state index contributed by atoms with van der Waals surface area (Å²) in [6.07, 6.45) is 16.1. The van der Waals surface area contributed by atoms with Gasteiger partial charge in [0.15, 0.2) is 0 Å². The molecule has 0 heterocycles. The van der Waals surface area contributed by atoms with E-state index in [1.807, 2.05) is 6.92 Å². The molecule has 7 atom stereocenters. The van der Waals surface area contributed by atoms with Crippen LogP contribution in [0.3, 0.4) is 0 Å². The highest BCUT2D eigenvalue weighted by molar-refractivity contribution is 5.96. The second kappa shape index (κ2) is 6.69. The van der Waals surface area contributed by atoms with Crippen LogP contribution in [0.25, 0.3) is 0 Å². The van der Waals surface area contributed by atoms with Gasteiger partial charge < -0.3 is 4.84 Å². The Kier molecular flexibility index (Phi) is 4.57. The van der Waals surface area contributed by atoms with Crippen LogP contribution in [0.4, 0.5) is 0 Å². The topological polar surface area (TPSA) is 38.7 Å². The lowest BCUT2D eigenvalue weighted by atomic mass is 9.44. The fourth-order valence-electron chi connectivity index (χ4n) is 9.56. The lowest BCUT2D eigenvalue weighted by Gasteiger charge is -2.60. The Morgan fingerprint density at radius 3 is 2.66 bits per heavy atom. The number of oxime groups is 1. The van der Waals surface area contributed by atoms with E-state index < -0.39 is 0 Å². The molecule has 0 unspecified atom stereocenters. The predicted octanol–water partition coefficient (Wildman–Crippen LogP) is 6.33. The molecule has 0 spiro atoms. The first-order chi connectivity index (χ1) is 13.9. The SMILES string of the molecule is CO/N=C1\C=C2CC[C@H]3[C@H](CC[C@@]4(C)[C@H]3C[C@@H]3CCCC[C@]34C(C)=O)[C@@]2(C)CC1. The van der Waals surface area contributed by atoms with Crippen LogP contribution in [0.1, 0.15) is 91.4 Å². The average molecular weight is 398 g/mol. The van der Waals surface area contributed by atoms with Gasteiger partial charge in [-0.25, -0.2) is 0 Å². The fourth-order valence-corrected chi connectivity index (χ4v) is 9.56. The van der Waals surface area contributed by atoms with E-state index in [1.54, 1.807) is 12.7 Å². The van der Waals surface area contributed by atoms with Gasteiger partial charge in [-0.3, -0.25) is 4.79 Å².